The number of carbonyl (C=O) groups is 1. The van der Waals surface area contributed by atoms with Gasteiger partial charge in [-0.3, -0.25) is 4.79 Å². The number of nitrogens with one attached hydrogen (secondary N) is 2. The Labute approximate surface area is 189 Å². The molecule has 0 aromatic heterocycles. The average Bonchev–Trinajstić information content (AvgIpc) is 3.01. The van der Waals surface area contributed by atoms with Gasteiger partial charge in [0.15, 0.2) is 5.78 Å². The fraction of sp³-hybridized carbons (Fsp3) is 0.250. The van der Waals surface area contributed by atoms with Crippen LogP contribution in [0.15, 0.2) is 84.1 Å². The molecule has 5 rings (SSSR count). The number of Topliss-reactive ketones (excluding diaryl/α,β-unsaturated/α-hetero) is 1. The van der Waals surface area contributed by atoms with Crippen molar-refractivity contribution in [1.82, 2.24) is 0 Å². The van der Waals surface area contributed by atoms with Gasteiger partial charge in [0, 0.05) is 17.7 Å². The highest BCUT2D eigenvalue weighted by atomic mass is 16.5. The normalized spacial score (nSPS) is 19.9. The van der Waals surface area contributed by atoms with Crippen molar-refractivity contribution in [3.8, 4) is 5.75 Å². The van der Waals surface area contributed by atoms with Gasteiger partial charge in [0.2, 0.25) is 0 Å². The van der Waals surface area contributed by atoms with Crippen LogP contribution in [0.5, 0.6) is 5.75 Å². The summed E-state index contributed by atoms with van der Waals surface area (Å²) in [5.74, 6) is 1.19. The largest absolute Gasteiger partial charge is 0.497 e. The highest BCUT2D eigenvalue weighted by Gasteiger charge is 2.36. The minimum atomic E-state index is -0.206. The fourth-order valence-electron chi connectivity index (χ4n) is 4.80. The first-order valence-corrected chi connectivity index (χ1v) is 11.3. The van der Waals surface area contributed by atoms with Gasteiger partial charge in [0.1, 0.15) is 5.75 Å². The Morgan fingerprint density at radius 2 is 1.56 bits per heavy atom. The van der Waals surface area contributed by atoms with E-state index < -0.39 is 0 Å². The number of para-hydroxylation sites is 2. The van der Waals surface area contributed by atoms with Crippen molar-refractivity contribution in [2.24, 2.45) is 0 Å². The van der Waals surface area contributed by atoms with Crippen molar-refractivity contribution < 1.29 is 9.53 Å². The number of aryl methyl sites for hydroxylation is 1. The van der Waals surface area contributed by atoms with E-state index in [-0.39, 0.29) is 17.7 Å². The summed E-state index contributed by atoms with van der Waals surface area (Å²) in [7, 11) is 1.66. The van der Waals surface area contributed by atoms with Crippen LogP contribution >= 0.6 is 0 Å². The maximum Gasteiger partial charge on any atom is 0.163 e. The van der Waals surface area contributed by atoms with Gasteiger partial charge >= 0.3 is 0 Å². The summed E-state index contributed by atoms with van der Waals surface area (Å²) in [4.78, 5) is 13.6. The molecule has 1 heterocycles. The van der Waals surface area contributed by atoms with Crippen molar-refractivity contribution in [3.05, 3.63) is 101 Å². The summed E-state index contributed by atoms with van der Waals surface area (Å²) in [6.45, 7) is 2.16. The van der Waals surface area contributed by atoms with E-state index in [0.29, 0.717) is 6.42 Å². The van der Waals surface area contributed by atoms with Crippen LogP contribution in [0.1, 0.15) is 48.4 Å². The van der Waals surface area contributed by atoms with Crippen LogP contribution in [0.3, 0.4) is 0 Å². The molecule has 32 heavy (non-hydrogen) atoms. The molecule has 1 aliphatic carbocycles. The molecule has 2 aliphatic rings. The van der Waals surface area contributed by atoms with Gasteiger partial charge in [-0.2, -0.15) is 0 Å². The van der Waals surface area contributed by atoms with E-state index in [9.17, 15) is 4.79 Å². The third-order valence-electron chi connectivity index (χ3n) is 6.62. The van der Waals surface area contributed by atoms with E-state index in [1.54, 1.807) is 7.11 Å². The second-order valence-electron chi connectivity index (χ2n) is 8.54. The van der Waals surface area contributed by atoms with Crippen molar-refractivity contribution in [1.29, 1.82) is 0 Å². The fourth-order valence-corrected chi connectivity index (χ4v) is 4.80. The number of anilines is 2. The van der Waals surface area contributed by atoms with Gasteiger partial charge in [-0.25, -0.2) is 0 Å². The number of rotatable bonds is 4. The lowest BCUT2D eigenvalue weighted by Gasteiger charge is -2.30. The zero-order chi connectivity index (χ0) is 22.1. The zero-order valence-electron chi connectivity index (χ0n) is 18.5. The van der Waals surface area contributed by atoms with Crippen molar-refractivity contribution in [3.63, 3.8) is 0 Å². The Morgan fingerprint density at radius 1 is 0.875 bits per heavy atom. The number of allylic oxidation sites excluding steroid dienone is 1. The summed E-state index contributed by atoms with van der Waals surface area (Å²) >= 11 is 0. The van der Waals surface area contributed by atoms with Gasteiger partial charge in [-0.15, -0.1) is 0 Å². The molecule has 1 aliphatic heterocycles. The molecule has 0 bridgehead atoms. The second-order valence-corrected chi connectivity index (χ2v) is 8.54. The summed E-state index contributed by atoms with van der Waals surface area (Å²) in [5, 5.41) is 7.24. The molecule has 0 saturated carbocycles. The maximum atomic E-state index is 13.6. The quantitative estimate of drug-likeness (QED) is 0.521. The minimum absolute atomic E-state index is 0.182. The Kier molecular flexibility index (Phi) is 5.44. The first-order chi connectivity index (χ1) is 15.7. The lowest BCUT2D eigenvalue weighted by atomic mass is 9.78. The number of ether oxygens (including phenoxy) is 1. The molecule has 0 spiro atoms. The first-order valence-electron chi connectivity index (χ1n) is 11.3. The maximum absolute atomic E-state index is 13.6. The first kappa shape index (κ1) is 20.4. The number of hydrogen-bond donors (Lipinski definition) is 2. The van der Waals surface area contributed by atoms with E-state index in [0.717, 1.165) is 46.8 Å². The van der Waals surface area contributed by atoms with E-state index in [1.165, 1.54) is 11.1 Å². The standard InChI is InChI=1S/C28H28N2O2/c1-3-18-8-10-19(11-9-18)21-16-25-27(26(31)17-21)28(20-12-14-22(32-2)15-13-20)30-24-7-5-4-6-23(24)29-25/h4-15,21,28-30H,3,16-17H2,1-2H3. The molecule has 2 N–H and O–H groups in total. The molecule has 2 atom stereocenters. The summed E-state index contributed by atoms with van der Waals surface area (Å²) in [5.41, 5.74) is 7.47. The van der Waals surface area contributed by atoms with Crippen LogP contribution in [0.25, 0.3) is 0 Å². The highest BCUT2D eigenvalue weighted by molar-refractivity contribution is 6.01. The van der Waals surface area contributed by atoms with Gasteiger partial charge in [-0.05, 0) is 59.7 Å². The zero-order valence-corrected chi connectivity index (χ0v) is 18.5. The van der Waals surface area contributed by atoms with Crippen LogP contribution in [0.4, 0.5) is 11.4 Å². The molecule has 3 aromatic carbocycles. The molecule has 3 aromatic rings. The smallest absolute Gasteiger partial charge is 0.163 e. The molecular formula is C28H28N2O2. The SMILES string of the molecule is CCc1ccc(C2CC(=O)C3=C(C2)Nc2ccccc2NC3c2ccc(OC)cc2)cc1. The van der Waals surface area contributed by atoms with E-state index in [1.807, 2.05) is 36.4 Å². The minimum Gasteiger partial charge on any atom is -0.497 e. The molecule has 0 saturated heterocycles. The van der Waals surface area contributed by atoms with Crippen molar-refractivity contribution in [2.75, 3.05) is 17.7 Å². The number of fused-ring (bicyclic) bond motifs is 1. The number of hydrogen-bond acceptors (Lipinski definition) is 4. The van der Waals surface area contributed by atoms with E-state index >= 15 is 0 Å². The predicted octanol–water partition coefficient (Wildman–Crippen LogP) is 6.24. The van der Waals surface area contributed by atoms with Crippen LogP contribution in [-0.2, 0) is 11.2 Å². The Morgan fingerprint density at radius 3 is 2.25 bits per heavy atom. The lowest BCUT2D eigenvalue weighted by molar-refractivity contribution is -0.116. The molecule has 0 fully saturated rings. The molecule has 162 valence electrons. The molecule has 0 radical (unpaired) electrons. The third-order valence-corrected chi connectivity index (χ3v) is 6.62. The number of methoxy groups -OCH3 is 1. The number of ketones is 1. The van der Waals surface area contributed by atoms with E-state index in [2.05, 4.69) is 54.0 Å². The monoisotopic (exact) mass is 424 g/mol. The lowest BCUT2D eigenvalue weighted by Crippen LogP contribution is -2.26. The molecule has 4 heteroatoms. The number of benzene rings is 3. The van der Waals surface area contributed by atoms with Crippen molar-refractivity contribution >= 4 is 17.2 Å². The van der Waals surface area contributed by atoms with Gasteiger partial charge in [-0.1, -0.05) is 55.5 Å². The van der Waals surface area contributed by atoms with Crippen LogP contribution in [-0.4, -0.2) is 12.9 Å². The molecule has 2 unspecified atom stereocenters. The van der Waals surface area contributed by atoms with Crippen LogP contribution < -0.4 is 15.4 Å². The Hall–Kier alpha value is -3.53. The van der Waals surface area contributed by atoms with Gasteiger partial charge in [0.05, 0.1) is 24.5 Å². The third kappa shape index (κ3) is 3.77. The summed E-state index contributed by atoms with van der Waals surface area (Å²) < 4.78 is 5.33. The summed E-state index contributed by atoms with van der Waals surface area (Å²) in [6, 6.07) is 24.7. The van der Waals surface area contributed by atoms with Gasteiger partial charge in [0.25, 0.3) is 0 Å². The highest BCUT2D eigenvalue weighted by Crippen LogP contribution is 2.44. The van der Waals surface area contributed by atoms with Crippen molar-refractivity contribution in [2.45, 2.75) is 38.1 Å². The Bertz CT molecular complexity index is 1160. The number of carbonyl (C=O) groups excluding carboxylic acids is 1. The molecule has 4 nitrogen and oxygen atoms in total. The van der Waals surface area contributed by atoms with Gasteiger partial charge < -0.3 is 15.4 Å². The average molecular weight is 425 g/mol. The summed E-state index contributed by atoms with van der Waals surface area (Å²) in [6.07, 6.45) is 2.36. The topological polar surface area (TPSA) is 50.4 Å². The second kappa shape index (κ2) is 8.54. The van der Waals surface area contributed by atoms with E-state index in [4.69, 9.17) is 4.74 Å². The Balaban J connectivity index is 1.56. The van der Waals surface area contributed by atoms with Crippen LogP contribution in [0, 0.1) is 0 Å². The van der Waals surface area contributed by atoms with Crippen LogP contribution in [0.2, 0.25) is 0 Å². The predicted molar refractivity (Wildman–Crippen MR) is 129 cm³/mol. The molecular weight excluding hydrogens is 396 g/mol. The molecule has 0 amide bonds.